The SMILES string of the molecule is CC1CCCCC1CNCc1ccc(OC(F)(F)F)cc1. The van der Waals surface area contributed by atoms with Crippen LogP contribution in [0.2, 0.25) is 0 Å². The predicted molar refractivity (Wildman–Crippen MR) is 76.0 cm³/mol. The molecule has 2 nitrogen and oxygen atoms in total. The van der Waals surface area contributed by atoms with Crippen molar-refractivity contribution in [2.75, 3.05) is 6.54 Å². The third-order valence-corrected chi connectivity index (χ3v) is 4.18. The number of alkyl halides is 3. The Morgan fingerprint density at radius 3 is 2.43 bits per heavy atom. The monoisotopic (exact) mass is 301 g/mol. The summed E-state index contributed by atoms with van der Waals surface area (Å²) in [5.41, 5.74) is 0.966. The van der Waals surface area contributed by atoms with Crippen molar-refractivity contribution in [3.8, 4) is 5.75 Å². The average molecular weight is 301 g/mol. The molecule has 2 atom stereocenters. The molecule has 0 spiro atoms. The van der Waals surface area contributed by atoms with Gasteiger partial charge in [0.2, 0.25) is 0 Å². The first-order valence-electron chi connectivity index (χ1n) is 7.49. The molecule has 0 radical (unpaired) electrons. The fourth-order valence-corrected chi connectivity index (χ4v) is 2.91. The lowest BCUT2D eigenvalue weighted by Gasteiger charge is -2.28. The quantitative estimate of drug-likeness (QED) is 0.864. The van der Waals surface area contributed by atoms with E-state index in [9.17, 15) is 13.2 Å². The molecule has 0 bridgehead atoms. The summed E-state index contributed by atoms with van der Waals surface area (Å²) in [7, 11) is 0. The summed E-state index contributed by atoms with van der Waals surface area (Å²) < 4.78 is 40.0. The van der Waals surface area contributed by atoms with Crippen LogP contribution >= 0.6 is 0 Å². The van der Waals surface area contributed by atoms with Crippen molar-refractivity contribution < 1.29 is 17.9 Å². The summed E-state index contributed by atoms with van der Waals surface area (Å²) in [5.74, 6) is 1.30. The zero-order valence-electron chi connectivity index (χ0n) is 12.2. The Kier molecular flexibility index (Phi) is 5.51. The minimum Gasteiger partial charge on any atom is -0.406 e. The Morgan fingerprint density at radius 2 is 1.81 bits per heavy atom. The van der Waals surface area contributed by atoms with E-state index in [4.69, 9.17) is 0 Å². The lowest BCUT2D eigenvalue weighted by Crippen LogP contribution is -2.29. The van der Waals surface area contributed by atoms with Crippen LogP contribution in [0.25, 0.3) is 0 Å². The van der Waals surface area contributed by atoms with Gasteiger partial charge >= 0.3 is 6.36 Å². The highest BCUT2D eigenvalue weighted by Crippen LogP contribution is 2.29. The first kappa shape index (κ1) is 16.1. The second-order valence-electron chi connectivity index (χ2n) is 5.84. The minimum atomic E-state index is -4.63. The Labute approximate surface area is 123 Å². The first-order chi connectivity index (χ1) is 9.94. The molecule has 0 aliphatic heterocycles. The molecule has 0 saturated heterocycles. The van der Waals surface area contributed by atoms with Gasteiger partial charge in [-0.3, -0.25) is 0 Å². The van der Waals surface area contributed by atoms with Crippen molar-refractivity contribution in [3.63, 3.8) is 0 Å². The number of benzene rings is 1. The zero-order valence-corrected chi connectivity index (χ0v) is 12.2. The van der Waals surface area contributed by atoms with E-state index in [1.54, 1.807) is 12.1 Å². The molecule has 118 valence electrons. The molecular weight excluding hydrogens is 279 g/mol. The van der Waals surface area contributed by atoms with Crippen molar-refractivity contribution in [1.29, 1.82) is 0 Å². The molecular formula is C16H22F3NO. The third-order valence-electron chi connectivity index (χ3n) is 4.18. The second kappa shape index (κ2) is 7.16. The van der Waals surface area contributed by atoms with Gasteiger partial charge in [0, 0.05) is 6.54 Å². The maximum absolute atomic E-state index is 12.1. The van der Waals surface area contributed by atoms with Crippen LogP contribution in [0.15, 0.2) is 24.3 Å². The molecule has 1 aliphatic carbocycles. The van der Waals surface area contributed by atoms with Crippen molar-refractivity contribution in [3.05, 3.63) is 29.8 Å². The number of hydrogen-bond acceptors (Lipinski definition) is 2. The third kappa shape index (κ3) is 5.58. The lowest BCUT2D eigenvalue weighted by atomic mass is 9.80. The molecule has 1 saturated carbocycles. The second-order valence-corrected chi connectivity index (χ2v) is 5.84. The Bertz CT molecular complexity index is 430. The largest absolute Gasteiger partial charge is 0.573 e. The van der Waals surface area contributed by atoms with E-state index in [2.05, 4.69) is 17.0 Å². The molecule has 1 fully saturated rings. The molecule has 0 aromatic heterocycles. The van der Waals surface area contributed by atoms with Crippen LogP contribution in [0.1, 0.15) is 38.2 Å². The number of nitrogens with one attached hydrogen (secondary N) is 1. The Morgan fingerprint density at radius 1 is 1.14 bits per heavy atom. The zero-order chi connectivity index (χ0) is 15.3. The molecule has 1 N–H and O–H groups in total. The number of rotatable bonds is 5. The molecule has 0 amide bonds. The van der Waals surface area contributed by atoms with Crippen LogP contribution in [0, 0.1) is 11.8 Å². The van der Waals surface area contributed by atoms with Gasteiger partial charge in [0.1, 0.15) is 5.75 Å². The van der Waals surface area contributed by atoms with Gasteiger partial charge in [-0.1, -0.05) is 38.3 Å². The molecule has 1 aliphatic rings. The van der Waals surface area contributed by atoms with Crippen LogP contribution in [0.5, 0.6) is 5.75 Å². The van der Waals surface area contributed by atoms with Crippen LogP contribution in [-0.4, -0.2) is 12.9 Å². The Hall–Kier alpha value is -1.23. The lowest BCUT2D eigenvalue weighted by molar-refractivity contribution is -0.274. The summed E-state index contributed by atoms with van der Waals surface area (Å²) in [4.78, 5) is 0. The smallest absolute Gasteiger partial charge is 0.406 e. The highest BCUT2D eigenvalue weighted by atomic mass is 19.4. The van der Waals surface area contributed by atoms with E-state index in [1.165, 1.54) is 37.8 Å². The van der Waals surface area contributed by atoms with E-state index >= 15 is 0 Å². The molecule has 5 heteroatoms. The van der Waals surface area contributed by atoms with Gasteiger partial charge in [0.25, 0.3) is 0 Å². The van der Waals surface area contributed by atoms with Crippen molar-refractivity contribution in [1.82, 2.24) is 5.32 Å². The van der Waals surface area contributed by atoms with Crippen LogP contribution in [0.3, 0.4) is 0 Å². The average Bonchev–Trinajstić information content (AvgIpc) is 2.41. The number of hydrogen-bond donors (Lipinski definition) is 1. The fraction of sp³-hybridized carbons (Fsp3) is 0.625. The first-order valence-corrected chi connectivity index (χ1v) is 7.49. The summed E-state index contributed by atoms with van der Waals surface area (Å²) in [6.07, 6.45) is 0.581. The summed E-state index contributed by atoms with van der Waals surface area (Å²) in [6, 6.07) is 6.04. The van der Waals surface area contributed by atoms with Crippen LogP contribution < -0.4 is 10.1 Å². The molecule has 0 heterocycles. The van der Waals surface area contributed by atoms with E-state index in [-0.39, 0.29) is 5.75 Å². The maximum atomic E-state index is 12.1. The fourth-order valence-electron chi connectivity index (χ4n) is 2.91. The van der Waals surface area contributed by atoms with Gasteiger partial charge in [0.05, 0.1) is 0 Å². The summed E-state index contributed by atoms with van der Waals surface area (Å²) >= 11 is 0. The highest BCUT2D eigenvalue weighted by Gasteiger charge is 2.30. The van der Waals surface area contributed by atoms with Gasteiger partial charge in [0.15, 0.2) is 0 Å². The van der Waals surface area contributed by atoms with E-state index < -0.39 is 6.36 Å². The molecule has 2 rings (SSSR count). The number of halogens is 3. The maximum Gasteiger partial charge on any atom is 0.573 e. The number of ether oxygens (including phenoxy) is 1. The molecule has 21 heavy (non-hydrogen) atoms. The van der Waals surface area contributed by atoms with Crippen LogP contribution in [0.4, 0.5) is 13.2 Å². The van der Waals surface area contributed by atoms with Gasteiger partial charge in [-0.05, 0) is 42.5 Å². The summed E-state index contributed by atoms with van der Waals surface area (Å²) in [6.45, 7) is 3.95. The minimum absolute atomic E-state index is 0.174. The van der Waals surface area contributed by atoms with E-state index in [1.807, 2.05) is 0 Å². The topological polar surface area (TPSA) is 21.3 Å². The molecule has 1 aromatic carbocycles. The van der Waals surface area contributed by atoms with Gasteiger partial charge in [-0.25, -0.2) is 0 Å². The van der Waals surface area contributed by atoms with Crippen molar-refractivity contribution in [2.45, 2.75) is 45.5 Å². The van der Waals surface area contributed by atoms with Crippen LogP contribution in [-0.2, 0) is 6.54 Å². The van der Waals surface area contributed by atoms with Crippen molar-refractivity contribution >= 4 is 0 Å². The summed E-state index contributed by atoms with van der Waals surface area (Å²) in [5, 5.41) is 3.41. The van der Waals surface area contributed by atoms with Gasteiger partial charge in [-0.15, -0.1) is 13.2 Å². The molecule has 2 unspecified atom stereocenters. The van der Waals surface area contributed by atoms with Gasteiger partial charge in [-0.2, -0.15) is 0 Å². The van der Waals surface area contributed by atoms with E-state index in [0.29, 0.717) is 12.5 Å². The van der Waals surface area contributed by atoms with Gasteiger partial charge < -0.3 is 10.1 Å². The van der Waals surface area contributed by atoms with E-state index in [0.717, 1.165) is 18.0 Å². The Balaban J connectivity index is 1.76. The normalized spacial score (nSPS) is 23.0. The molecule has 1 aromatic rings. The predicted octanol–water partition coefficient (Wildman–Crippen LogP) is 4.50. The highest BCUT2D eigenvalue weighted by molar-refractivity contribution is 5.27. The standard InChI is InChI=1S/C16H22F3NO/c1-12-4-2-3-5-14(12)11-20-10-13-6-8-15(9-7-13)21-16(17,18)19/h6-9,12,14,20H,2-5,10-11H2,1H3. The van der Waals surface area contributed by atoms with Crippen molar-refractivity contribution in [2.24, 2.45) is 11.8 Å².